The van der Waals surface area contributed by atoms with Gasteiger partial charge in [0.25, 0.3) is 5.91 Å². The van der Waals surface area contributed by atoms with Crippen molar-refractivity contribution in [1.82, 2.24) is 30.0 Å². The Balaban J connectivity index is 1.21. The molecule has 38 heavy (non-hydrogen) atoms. The topological polar surface area (TPSA) is 87.2 Å². The highest BCUT2D eigenvalue weighted by Crippen LogP contribution is 2.34. The summed E-state index contributed by atoms with van der Waals surface area (Å²) in [6, 6.07) is 21.8. The van der Waals surface area contributed by atoms with E-state index in [0.29, 0.717) is 24.3 Å². The number of methoxy groups -OCH3 is 1. The largest absolute Gasteiger partial charge is 0.496 e. The summed E-state index contributed by atoms with van der Waals surface area (Å²) in [5, 5.41) is 8.40. The van der Waals surface area contributed by atoms with E-state index >= 15 is 0 Å². The number of nitrogens with zero attached hydrogens (tertiary/aromatic N) is 5. The third-order valence-corrected chi connectivity index (χ3v) is 7.04. The van der Waals surface area contributed by atoms with Gasteiger partial charge in [0.15, 0.2) is 5.65 Å². The quantitative estimate of drug-likeness (QED) is 0.362. The molecule has 1 fully saturated rings. The summed E-state index contributed by atoms with van der Waals surface area (Å²) in [5.41, 5.74) is 6.19. The number of aromatic nitrogens is 4. The van der Waals surface area contributed by atoms with Crippen LogP contribution in [-0.2, 0) is 6.54 Å². The molecule has 0 aliphatic carbocycles. The Bertz CT molecular complexity index is 1570. The number of hydrogen-bond acceptors (Lipinski definition) is 6. The van der Waals surface area contributed by atoms with Gasteiger partial charge in [-0.25, -0.2) is 4.98 Å². The molecule has 0 unspecified atom stereocenters. The summed E-state index contributed by atoms with van der Waals surface area (Å²) in [5.74, 6) is 0.819. The van der Waals surface area contributed by atoms with Crippen molar-refractivity contribution in [2.24, 2.45) is 0 Å². The second-order valence-corrected chi connectivity index (χ2v) is 9.40. The van der Waals surface area contributed by atoms with E-state index in [9.17, 15) is 4.79 Å². The Kier molecular flexibility index (Phi) is 6.54. The average molecular weight is 505 g/mol. The maximum absolute atomic E-state index is 13.4. The van der Waals surface area contributed by atoms with Gasteiger partial charge in [-0.2, -0.15) is 5.10 Å². The Morgan fingerprint density at radius 2 is 1.76 bits per heavy atom. The first-order valence-electron chi connectivity index (χ1n) is 12.7. The maximum Gasteiger partial charge on any atom is 0.253 e. The number of fused-ring (bicyclic) bond motifs is 1. The molecule has 8 heteroatoms. The molecule has 0 atom stereocenters. The molecule has 0 saturated carbocycles. The zero-order valence-corrected chi connectivity index (χ0v) is 21.2. The first-order chi connectivity index (χ1) is 18.7. The lowest BCUT2D eigenvalue weighted by Crippen LogP contribution is -2.48. The molecule has 4 heterocycles. The van der Waals surface area contributed by atoms with Gasteiger partial charge in [0.05, 0.1) is 12.8 Å². The molecule has 6 rings (SSSR count). The zero-order chi connectivity index (χ0) is 25.9. The number of nitrogens with one attached hydrogen (secondary N) is 1. The molecule has 2 aromatic carbocycles. The number of amides is 1. The van der Waals surface area contributed by atoms with Crippen LogP contribution >= 0.6 is 0 Å². The Morgan fingerprint density at radius 1 is 0.947 bits per heavy atom. The first kappa shape index (κ1) is 23.8. The normalized spacial score (nSPS) is 14.1. The van der Waals surface area contributed by atoms with E-state index in [2.05, 4.69) is 31.1 Å². The minimum Gasteiger partial charge on any atom is -0.496 e. The monoisotopic (exact) mass is 504 g/mol. The number of hydrogen-bond donors (Lipinski definition) is 1. The van der Waals surface area contributed by atoms with Crippen LogP contribution in [0.15, 0.2) is 85.3 Å². The van der Waals surface area contributed by atoms with Gasteiger partial charge in [-0.05, 0) is 53.6 Å². The SMILES string of the molecule is COc1ccccc1-c1[nH]nc2ncc(-c3cccc(C(=O)N4CCN(Cc5ccncc5)CC4)c3)cc12. The lowest BCUT2D eigenvalue weighted by Gasteiger charge is -2.34. The van der Waals surface area contributed by atoms with Crippen LogP contribution in [0.3, 0.4) is 0 Å². The highest BCUT2D eigenvalue weighted by Gasteiger charge is 2.23. The number of piperazine rings is 1. The molecule has 1 N–H and O–H groups in total. The van der Waals surface area contributed by atoms with Gasteiger partial charge < -0.3 is 9.64 Å². The molecule has 0 spiro atoms. The van der Waals surface area contributed by atoms with E-state index in [0.717, 1.165) is 53.2 Å². The van der Waals surface area contributed by atoms with Gasteiger partial charge in [-0.1, -0.05) is 24.3 Å². The van der Waals surface area contributed by atoms with Crippen molar-refractivity contribution in [2.75, 3.05) is 33.3 Å². The van der Waals surface area contributed by atoms with Crippen LogP contribution in [0.5, 0.6) is 5.75 Å². The molecule has 1 aliphatic heterocycles. The zero-order valence-electron chi connectivity index (χ0n) is 21.2. The summed E-state index contributed by atoms with van der Waals surface area (Å²) in [7, 11) is 1.66. The van der Waals surface area contributed by atoms with Gasteiger partial charge >= 0.3 is 0 Å². The highest BCUT2D eigenvalue weighted by atomic mass is 16.5. The third-order valence-electron chi connectivity index (χ3n) is 7.04. The Hall–Kier alpha value is -4.56. The van der Waals surface area contributed by atoms with E-state index in [1.165, 1.54) is 5.56 Å². The standard InChI is InChI=1S/C30H28N6O2/c1-38-27-8-3-2-7-25(27)28-26-18-24(19-32-29(26)34-33-28)22-5-4-6-23(17-22)30(37)36-15-13-35(14-16-36)20-21-9-11-31-12-10-21/h2-12,17-19H,13-16,20H2,1H3,(H,32,33,34). The molecule has 8 nitrogen and oxygen atoms in total. The third kappa shape index (κ3) is 4.73. The predicted octanol–water partition coefficient (Wildman–Crippen LogP) is 4.65. The minimum absolute atomic E-state index is 0.0578. The van der Waals surface area contributed by atoms with Gasteiger partial charge in [-0.3, -0.25) is 19.8 Å². The number of carbonyl (C=O) groups is 1. The number of benzene rings is 2. The van der Waals surface area contributed by atoms with Gasteiger partial charge in [0.1, 0.15) is 5.75 Å². The van der Waals surface area contributed by atoms with E-state index in [1.807, 2.05) is 78.0 Å². The molecule has 190 valence electrons. The second-order valence-electron chi connectivity index (χ2n) is 9.40. The van der Waals surface area contributed by atoms with Crippen molar-refractivity contribution >= 4 is 16.9 Å². The fourth-order valence-electron chi connectivity index (χ4n) is 4.98. The van der Waals surface area contributed by atoms with Crippen LogP contribution in [0.1, 0.15) is 15.9 Å². The molecule has 1 saturated heterocycles. The fourth-order valence-corrected chi connectivity index (χ4v) is 4.98. The van der Waals surface area contributed by atoms with Crippen molar-refractivity contribution in [2.45, 2.75) is 6.54 Å². The van der Waals surface area contributed by atoms with E-state index in [-0.39, 0.29) is 5.91 Å². The number of para-hydroxylation sites is 1. The summed E-state index contributed by atoms with van der Waals surface area (Å²) >= 11 is 0. The first-order valence-corrected chi connectivity index (χ1v) is 12.7. The van der Waals surface area contributed by atoms with Crippen molar-refractivity contribution < 1.29 is 9.53 Å². The van der Waals surface area contributed by atoms with Crippen molar-refractivity contribution in [3.63, 3.8) is 0 Å². The van der Waals surface area contributed by atoms with E-state index in [4.69, 9.17) is 4.74 Å². The lowest BCUT2D eigenvalue weighted by molar-refractivity contribution is 0.0628. The van der Waals surface area contributed by atoms with Crippen LogP contribution in [0, 0.1) is 0 Å². The lowest BCUT2D eigenvalue weighted by atomic mass is 10.0. The van der Waals surface area contributed by atoms with Crippen molar-refractivity contribution in [1.29, 1.82) is 0 Å². The summed E-state index contributed by atoms with van der Waals surface area (Å²) in [4.78, 5) is 26.4. The Labute approximate surface area is 220 Å². The fraction of sp³-hybridized carbons (Fsp3) is 0.200. The number of H-pyrrole nitrogens is 1. The van der Waals surface area contributed by atoms with Crippen LogP contribution in [0.25, 0.3) is 33.4 Å². The van der Waals surface area contributed by atoms with Gasteiger partial charge in [-0.15, -0.1) is 0 Å². The van der Waals surface area contributed by atoms with E-state index < -0.39 is 0 Å². The smallest absolute Gasteiger partial charge is 0.253 e. The number of rotatable bonds is 6. The van der Waals surface area contributed by atoms with Crippen LogP contribution in [-0.4, -0.2) is 69.2 Å². The predicted molar refractivity (Wildman–Crippen MR) is 147 cm³/mol. The van der Waals surface area contributed by atoms with Crippen LogP contribution in [0.2, 0.25) is 0 Å². The molecule has 0 radical (unpaired) electrons. The minimum atomic E-state index is 0.0578. The van der Waals surface area contributed by atoms with E-state index in [1.54, 1.807) is 13.3 Å². The average Bonchev–Trinajstić information content (AvgIpc) is 3.41. The summed E-state index contributed by atoms with van der Waals surface area (Å²) in [6.07, 6.45) is 5.44. The molecular weight excluding hydrogens is 476 g/mol. The second kappa shape index (κ2) is 10.4. The molecule has 5 aromatic rings. The van der Waals surface area contributed by atoms with Crippen LogP contribution in [0.4, 0.5) is 0 Å². The summed E-state index contributed by atoms with van der Waals surface area (Å²) in [6.45, 7) is 3.99. The molecular formula is C30H28N6O2. The van der Waals surface area contributed by atoms with Crippen molar-refractivity contribution in [3.05, 3.63) is 96.4 Å². The number of aromatic amines is 1. The molecule has 1 aliphatic rings. The maximum atomic E-state index is 13.4. The highest BCUT2D eigenvalue weighted by molar-refractivity contribution is 5.97. The summed E-state index contributed by atoms with van der Waals surface area (Å²) < 4.78 is 5.55. The molecule has 1 amide bonds. The Morgan fingerprint density at radius 3 is 2.58 bits per heavy atom. The number of ether oxygens (including phenoxy) is 1. The van der Waals surface area contributed by atoms with Crippen molar-refractivity contribution in [3.8, 4) is 28.1 Å². The molecule has 3 aromatic heterocycles. The number of carbonyl (C=O) groups excluding carboxylic acids is 1. The van der Waals surface area contributed by atoms with Crippen LogP contribution < -0.4 is 4.74 Å². The number of pyridine rings is 2. The van der Waals surface area contributed by atoms with Gasteiger partial charge in [0, 0.05) is 73.4 Å². The van der Waals surface area contributed by atoms with Gasteiger partial charge in [0.2, 0.25) is 0 Å². The molecule has 0 bridgehead atoms.